The minimum Gasteiger partial charge on any atom is -0.342 e. The molecule has 2 aromatic carbocycles. The topological polar surface area (TPSA) is 84.7 Å². The predicted octanol–water partition coefficient (Wildman–Crippen LogP) is 5.52. The molecule has 2 aromatic rings. The summed E-state index contributed by atoms with van der Waals surface area (Å²) < 4.78 is 41.0. The van der Waals surface area contributed by atoms with E-state index >= 15 is 0 Å². The summed E-state index contributed by atoms with van der Waals surface area (Å²) in [6.45, 7) is 4.79. The van der Waals surface area contributed by atoms with E-state index in [1.54, 1.807) is 29.2 Å². The van der Waals surface area contributed by atoms with Crippen molar-refractivity contribution in [3.63, 3.8) is 0 Å². The van der Waals surface area contributed by atoms with E-state index in [4.69, 9.17) is 0 Å². The number of ketones is 1. The number of amides is 2. The number of halogens is 3. The highest BCUT2D eigenvalue weighted by Gasteiger charge is 2.49. The van der Waals surface area contributed by atoms with Gasteiger partial charge in [-0.3, -0.25) is 19.3 Å². The first-order valence-corrected chi connectivity index (χ1v) is 14.6. The van der Waals surface area contributed by atoms with Crippen molar-refractivity contribution in [3.8, 4) is 6.07 Å². The summed E-state index contributed by atoms with van der Waals surface area (Å²) in [7, 11) is 2.09. The van der Waals surface area contributed by atoms with Crippen molar-refractivity contribution in [2.24, 2.45) is 11.8 Å². The molecule has 0 bridgehead atoms. The van der Waals surface area contributed by atoms with Crippen LogP contribution in [0.15, 0.2) is 59.8 Å². The Hall–Kier alpha value is -3.97. The molecule has 3 heterocycles. The van der Waals surface area contributed by atoms with E-state index in [0.717, 1.165) is 49.3 Å². The fourth-order valence-corrected chi connectivity index (χ4v) is 7.20. The van der Waals surface area contributed by atoms with E-state index < -0.39 is 41.2 Å². The summed E-state index contributed by atoms with van der Waals surface area (Å²) >= 11 is 0. The second-order valence-corrected chi connectivity index (χ2v) is 11.8. The first-order valence-electron chi connectivity index (χ1n) is 14.6. The largest absolute Gasteiger partial charge is 0.416 e. The summed E-state index contributed by atoms with van der Waals surface area (Å²) in [6.07, 6.45) is -0.781. The van der Waals surface area contributed by atoms with E-state index in [2.05, 4.69) is 18.0 Å². The third-order valence-corrected chi connectivity index (χ3v) is 9.22. The van der Waals surface area contributed by atoms with Gasteiger partial charge in [-0.05, 0) is 94.9 Å². The maximum atomic E-state index is 14.5. The molecule has 4 unspecified atom stereocenters. The van der Waals surface area contributed by atoms with Crippen molar-refractivity contribution in [1.29, 1.82) is 5.26 Å². The molecule has 2 saturated heterocycles. The van der Waals surface area contributed by atoms with Crippen LogP contribution >= 0.6 is 0 Å². The zero-order valence-corrected chi connectivity index (χ0v) is 24.5. The summed E-state index contributed by atoms with van der Waals surface area (Å²) in [4.78, 5) is 47.3. The predicted molar refractivity (Wildman–Crippen MR) is 155 cm³/mol. The van der Waals surface area contributed by atoms with Crippen molar-refractivity contribution in [2.45, 2.75) is 57.7 Å². The number of allylic oxidation sites excluding steroid dienone is 2. The van der Waals surface area contributed by atoms with Crippen LogP contribution in [0, 0.1) is 23.2 Å². The smallest absolute Gasteiger partial charge is 0.342 e. The lowest BCUT2D eigenvalue weighted by Gasteiger charge is -2.43. The van der Waals surface area contributed by atoms with Gasteiger partial charge in [0.15, 0.2) is 5.78 Å². The third kappa shape index (κ3) is 5.83. The Labute approximate surface area is 249 Å². The number of alkyl halides is 3. The number of carbonyl (C=O) groups is 3. The molecule has 3 aliphatic heterocycles. The number of Topliss-reactive ketones (excluding diaryl/α,β-unsaturated/α-hetero) is 1. The van der Waals surface area contributed by atoms with Gasteiger partial charge in [0.25, 0.3) is 0 Å². The van der Waals surface area contributed by atoms with Crippen LogP contribution in [-0.4, -0.2) is 60.1 Å². The molecule has 5 rings (SSSR count). The number of hydrogen-bond donors (Lipinski definition) is 0. The Morgan fingerprint density at radius 2 is 1.72 bits per heavy atom. The normalized spacial score (nSPS) is 25.2. The second kappa shape index (κ2) is 12.0. The fraction of sp³-hybridized carbons (Fsp3) is 0.455. The van der Waals surface area contributed by atoms with Gasteiger partial charge in [-0.1, -0.05) is 18.2 Å². The highest BCUT2D eigenvalue weighted by molar-refractivity contribution is 6.15. The van der Waals surface area contributed by atoms with Crippen LogP contribution in [0.3, 0.4) is 0 Å². The Bertz CT molecular complexity index is 1490. The van der Waals surface area contributed by atoms with Gasteiger partial charge in [-0.25, -0.2) is 0 Å². The Morgan fingerprint density at radius 3 is 2.33 bits per heavy atom. The molecule has 43 heavy (non-hydrogen) atoms. The van der Waals surface area contributed by atoms with Gasteiger partial charge in [0.1, 0.15) is 5.92 Å². The van der Waals surface area contributed by atoms with Crippen molar-refractivity contribution < 1.29 is 27.6 Å². The molecule has 3 aliphatic rings. The summed E-state index contributed by atoms with van der Waals surface area (Å²) in [5.74, 6) is -3.60. The van der Waals surface area contributed by atoms with E-state index in [1.165, 1.54) is 26.0 Å². The molecule has 4 atom stereocenters. The van der Waals surface area contributed by atoms with E-state index in [1.807, 2.05) is 0 Å². The summed E-state index contributed by atoms with van der Waals surface area (Å²) in [5, 5.41) is 9.33. The minimum atomic E-state index is -4.65. The summed E-state index contributed by atoms with van der Waals surface area (Å²) in [5.41, 5.74) is 0.262. The van der Waals surface area contributed by atoms with Gasteiger partial charge >= 0.3 is 6.18 Å². The molecule has 0 aromatic heterocycles. The zero-order chi connectivity index (χ0) is 31.1. The van der Waals surface area contributed by atoms with Crippen LogP contribution in [0.2, 0.25) is 0 Å². The molecule has 2 fully saturated rings. The van der Waals surface area contributed by atoms with E-state index in [9.17, 15) is 32.8 Å². The molecule has 2 amide bonds. The first-order chi connectivity index (χ1) is 20.4. The molecule has 0 radical (unpaired) electrons. The molecule has 226 valence electrons. The van der Waals surface area contributed by atoms with Gasteiger partial charge in [0.2, 0.25) is 11.8 Å². The van der Waals surface area contributed by atoms with Gasteiger partial charge in [0, 0.05) is 42.0 Å². The van der Waals surface area contributed by atoms with E-state index in [0.29, 0.717) is 30.3 Å². The lowest BCUT2D eigenvalue weighted by molar-refractivity contribution is -0.144. The van der Waals surface area contributed by atoms with Crippen LogP contribution in [0.5, 0.6) is 0 Å². The summed E-state index contributed by atoms with van der Waals surface area (Å²) in [6, 6.07) is 13.2. The number of piperidine rings is 1. The van der Waals surface area contributed by atoms with Crippen LogP contribution in [0.4, 0.5) is 18.9 Å². The van der Waals surface area contributed by atoms with Crippen molar-refractivity contribution >= 4 is 23.3 Å². The maximum absolute atomic E-state index is 14.5. The standard InChI is InChI=1S/C33H35F3N4O3/c1-20-28(21(2)41)29(23-13-11-22(18-37)12-14-23)30(32(43)40(20)26-9-4-8-25(17-26)33(34,35)36)31(42)39-16-5-7-24(19-39)27-10-6-15-38(27)3/h4,8-9,11-14,17,24,27,29-30H,5-7,10,15-16,19H2,1-3H3. The van der Waals surface area contributed by atoms with Crippen molar-refractivity contribution in [1.82, 2.24) is 9.80 Å². The van der Waals surface area contributed by atoms with Gasteiger partial charge in [-0.2, -0.15) is 18.4 Å². The number of likely N-dealkylation sites (tertiary alicyclic amines) is 2. The number of carbonyl (C=O) groups excluding carboxylic acids is 3. The van der Waals surface area contributed by atoms with Gasteiger partial charge < -0.3 is 9.80 Å². The Morgan fingerprint density at radius 1 is 1.02 bits per heavy atom. The molecular formula is C33H35F3N4O3. The monoisotopic (exact) mass is 592 g/mol. The van der Waals surface area contributed by atoms with E-state index in [-0.39, 0.29) is 22.9 Å². The molecular weight excluding hydrogens is 557 g/mol. The van der Waals surface area contributed by atoms with Crippen molar-refractivity contribution in [3.05, 3.63) is 76.5 Å². The highest BCUT2D eigenvalue weighted by atomic mass is 19.4. The van der Waals surface area contributed by atoms with Crippen molar-refractivity contribution in [2.75, 3.05) is 31.6 Å². The fourth-order valence-electron chi connectivity index (χ4n) is 7.20. The lowest BCUT2D eigenvalue weighted by atomic mass is 9.73. The van der Waals surface area contributed by atoms with Crippen LogP contribution in [-0.2, 0) is 20.6 Å². The van der Waals surface area contributed by atoms with Crippen LogP contribution in [0.1, 0.15) is 62.1 Å². The minimum absolute atomic E-state index is 0.0590. The quantitative estimate of drug-likeness (QED) is 0.427. The Balaban J connectivity index is 1.62. The lowest BCUT2D eigenvalue weighted by Crippen LogP contribution is -2.54. The molecule has 10 heteroatoms. The SMILES string of the molecule is CC(=O)C1=C(C)N(c2cccc(C(F)(F)F)c2)C(=O)C(C(=O)N2CCCC(C3CCCN3C)C2)C1c1ccc(C#N)cc1. The Kier molecular flexibility index (Phi) is 8.48. The highest BCUT2D eigenvalue weighted by Crippen LogP contribution is 2.45. The number of nitriles is 1. The van der Waals surface area contributed by atoms with Crippen LogP contribution in [0.25, 0.3) is 0 Å². The van der Waals surface area contributed by atoms with Gasteiger partial charge in [0.05, 0.1) is 17.2 Å². The average molecular weight is 593 g/mol. The molecule has 0 saturated carbocycles. The first kappa shape index (κ1) is 30.5. The van der Waals surface area contributed by atoms with Gasteiger partial charge in [-0.15, -0.1) is 0 Å². The second-order valence-electron chi connectivity index (χ2n) is 11.8. The number of nitrogens with zero attached hydrogens (tertiary/aromatic N) is 4. The molecule has 0 N–H and O–H groups in total. The molecule has 0 spiro atoms. The number of benzene rings is 2. The molecule has 7 nitrogen and oxygen atoms in total. The molecule has 0 aliphatic carbocycles. The number of anilines is 1. The van der Waals surface area contributed by atoms with Crippen LogP contribution < -0.4 is 4.90 Å². The third-order valence-electron chi connectivity index (χ3n) is 9.22. The number of rotatable bonds is 5. The maximum Gasteiger partial charge on any atom is 0.416 e. The zero-order valence-electron chi connectivity index (χ0n) is 24.5. The number of hydrogen-bond acceptors (Lipinski definition) is 5. The average Bonchev–Trinajstić information content (AvgIpc) is 3.42.